The van der Waals surface area contributed by atoms with Crippen LogP contribution in [0.1, 0.15) is 27.3 Å². The van der Waals surface area contributed by atoms with Crippen LogP contribution in [0.3, 0.4) is 0 Å². The molecule has 36 heavy (non-hydrogen) atoms. The zero-order chi connectivity index (χ0) is 26.5. The number of aryl methyl sites for hydroxylation is 2. The molecule has 0 radical (unpaired) electrons. The summed E-state index contributed by atoms with van der Waals surface area (Å²) in [4.78, 5) is 32.2. The molecule has 4 rings (SSSR count). The highest BCUT2D eigenvalue weighted by Crippen LogP contribution is 2.39. The van der Waals surface area contributed by atoms with Crippen LogP contribution >= 0.6 is 0 Å². The molecule has 0 aliphatic heterocycles. The molecule has 186 valence electrons. The number of amides is 1. The number of halogens is 5. The molecule has 0 bridgehead atoms. The molecule has 1 aromatic carbocycles. The second-order valence-electron chi connectivity index (χ2n) is 7.96. The third-order valence-corrected chi connectivity index (χ3v) is 5.62. The van der Waals surface area contributed by atoms with Gasteiger partial charge >= 0.3 is 6.18 Å². The number of aromatic nitrogens is 3. The summed E-state index contributed by atoms with van der Waals surface area (Å²) < 4.78 is 75.6. The molecule has 0 saturated heterocycles. The topological polar surface area (TPSA) is 100 Å². The van der Waals surface area contributed by atoms with Gasteiger partial charge in [-0.3, -0.25) is 14.6 Å². The van der Waals surface area contributed by atoms with Gasteiger partial charge in [0.2, 0.25) is 5.88 Å². The van der Waals surface area contributed by atoms with Crippen LogP contribution < -0.4 is 15.9 Å². The molecular weight excluding hydrogens is 487 g/mol. The minimum Gasteiger partial charge on any atom is -0.438 e. The lowest BCUT2D eigenvalue weighted by Crippen LogP contribution is -2.19. The summed E-state index contributed by atoms with van der Waals surface area (Å²) in [6, 6.07) is 5.44. The first-order chi connectivity index (χ1) is 16.8. The molecule has 0 atom stereocenters. The molecule has 1 amide bonds. The Bertz CT molecular complexity index is 1610. The minimum atomic E-state index is -4.85. The van der Waals surface area contributed by atoms with Crippen molar-refractivity contribution in [3.8, 4) is 22.9 Å². The van der Waals surface area contributed by atoms with Crippen molar-refractivity contribution >= 4 is 16.8 Å². The maximum atomic E-state index is 14.1. The lowest BCUT2D eigenvalue weighted by Gasteiger charge is -2.19. The van der Waals surface area contributed by atoms with Crippen molar-refractivity contribution in [2.24, 2.45) is 12.8 Å². The van der Waals surface area contributed by atoms with Crippen LogP contribution in [-0.2, 0) is 13.2 Å². The SMILES string of the molecule is Cc1cc(-c2cc(=O)c3c(C(N)=O)nccc3n2C)c(Oc2ccc(F)c(F)c2C)nc1C(F)(F)F. The van der Waals surface area contributed by atoms with Gasteiger partial charge in [0.15, 0.2) is 22.8 Å². The summed E-state index contributed by atoms with van der Waals surface area (Å²) in [5.41, 5.74) is 2.82. The number of nitrogens with two attached hydrogens (primary N) is 1. The van der Waals surface area contributed by atoms with Gasteiger partial charge in [0, 0.05) is 24.9 Å². The molecule has 0 unspecified atom stereocenters. The molecule has 0 aliphatic carbocycles. The van der Waals surface area contributed by atoms with Gasteiger partial charge < -0.3 is 15.0 Å². The van der Waals surface area contributed by atoms with Gasteiger partial charge in [-0.15, -0.1) is 0 Å². The first-order valence-corrected chi connectivity index (χ1v) is 10.3. The van der Waals surface area contributed by atoms with Gasteiger partial charge in [-0.05, 0) is 43.7 Å². The molecule has 3 heterocycles. The van der Waals surface area contributed by atoms with E-state index in [0.29, 0.717) is 0 Å². The smallest absolute Gasteiger partial charge is 0.433 e. The van der Waals surface area contributed by atoms with Gasteiger partial charge in [-0.2, -0.15) is 13.2 Å². The molecule has 0 spiro atoms. The Morgan fingerprint density at radius 1 is 1.11 bits per heavy atom. The molecule has 0 aliphatic rings. The Morgan fingerprint density at radius 2 is 1.81 bits per heavy atom. The summed E-state index contributed by atoms with van der Waals surface area (Å²) in [5.74, 6) is -4.20. The Labute approximate surface area is 200 Å². The maximum absolute atomic E-state index is 14.1. The van der Waals surface area contributed by atoms with Crippen LogP contribution in [0, 0.1) is 25.5 Å². The summed E-state index contributed by atoms with van der Waals surface area (Å²) in [7, 11) is 1.50. The Morgan fingerprint density at radius 3 is 2.44 bits per heavy atom. The number of nitrogens with zero attached hydrogens (tertiary/aromatic N) is 3. The predicted octanol–water partition coefficient (Wildman–Crippen LogP) is 4.80. The van der Waals surface area contributed by atoms with E-state index in [-0.39, 0.29) is 44.7 Å². The van der Waals surface area contributed by atoms with Gasteiger partial charge in [0.25, 0.3) is 5.91 Å². The van der Waals surface area contributed by atoms with Crippen LogP contribution in [-0.4, -0.2) is 20.4 Å². The van der Waals surface area contributed by atoms with Gasteiger partial charge in [0.1, 0.15) is 11.4 Å². The standard InChI is InChI=1S/C24H17F5N4O3/c1-10-8-12(15-9-16(34)18-14(33(15)3)6-7-31-20(18)22(30)35)23(32-21(10)24(27,28)29)36-17-5-4-13(25)19(26)11(17)2/h4-9H,1-3H3,(H2,30,35). The maximum Gasteiger partial charge on any atom is 0.433 e. The van der Waals surface area contributed by atoms with E-state index in [2.05, 4.69) is 9.97 Å². The third kappa shape index (κ3) is 4.14. The largest absolute Gasteiger partial charge is 0.438 e. The van der Waals surface area contributed by atoms with Gasteiger partial charge in [0.05, 0.1) is 22.2 Å². The van der Waals surface area contributed by atoms with Crippen LogP contribution in [0.15, 0.2) is 41.3 Å². The number of primary amides is 1. The highest BCUT2D eigenvalue weighted by molar-refractivity contribution is 6.04. The Balaban J connectivity index is 2.03. The molecule has 12 heteroatoms. The first kappa shape index (κ1) is 24.8. The number of fused-ring (bicyclic) bond motifs is 1. The predicted molar refractivity (Wildman–Crippen MR) is 120 cm³/mol. The monoisotopic (exact) mass is 504 g/mol. The van der Waals surface area contributed by atoms with Crippen LogP contribution in [0.2, 0.25) is 0 Å². The third-order valence-electron chi connectivity index (χ3n) is 5.62. The summed E-state index contributed by atoms with van der Waals surface area (Å²) in [5, 5.41) is -0.0771. The van der Waals surface area contributed by atoms with E-state index >= 15 is 0 Å². The number of hydrogen-bond donors (Lipinski definition) is 1. The average Bonchev–Trinajstić information content (AvgIpc) is 2.81. The van der Waals surface area contributed by atoms with Gasteiger partial charge in [-0.1, -0.05) is 0 Å². The molecular formula is C24H17F5N4O3. The lowest BCUT2D eigenvalue weighted by molar-refractivity contribution is -0.141. The van der Waals surface area contributed by atoms with Crippen molar-refractivity contribution in [3.63, 3.8) is 0 Å². The van der Waals surface area contributed by atoms with E-state index in [9.17, 15) is 31.5 Å². The van der Waals surface area contributed by atoms with Gasteiger partial charge in [-0.25, -0.2) is 13.8 Å². The number of hydrogen-bond acceptors (Lipinski definition) is 5. The van der Waals surface area contributed by atoms with Crippen LogP contribution in [0.5, 0.6) is 11.6 Å². The number of alkyl halides is 3. The van der Waals surface area contributed by atoms with Crippen molar-refractivity contribution in [2.75, 3.05) is 0 Å². The number of carbonyl (C=O) groups is 1. The molecule has 4 aromatic rings. The molecule has 7 nitrogen and oxygen atoms in total. The number of rotatable bonds is 4. The van der Waals surface area contributed by atoms with Crippen LogP contribution in [0.25, 0.3) is 22.2 Å². The Kier molecular flexibility index (Phi) is 5.99. The fraction of sp³-hybridized carbons (Fsp3) is 0.167. The number of pyridine rings is 3. The number of carbonyl (C=O) groups excluding carboxylic acids is 1. The zero-order valence-electron chi connectivity index (χ0n) is 19.0. The van der Waals surface area contributed by atoms with Crippen molar-refractivity contribution in [2.45, 2.75) is 20.0 Å². The molecule has 3 aromatic heterocycles. The molecule has 0 saturated carbocycles. The highest BCUT2D eigenvalue weighted by atomic mass is 19.4. The fourth-order valence-electron chi connectivity index (χ4n) is 3.84. The van der Waals surface area contributed by atoms with E-state index in [1.165, 1.54) is 37.7 Å². The van der Waals surface area contributed by atoms with Crippen molar-refractivity contribution in [1.29, 1.82) is 0 Å². The highest BCUT2D eigenvalue weighted by Gasteiger charge is 2.36. The van der Waals surface area contributed by atoms with Crippen molar-refractivity contribution in [3.05, 3.63) is 80.9 Å². The van der Waals surface area contributed by atoms with E-state index < -0.39 is 40.7 Å². The quantitative estimate of drug-likeness (QED) is 0.403. The summed E-state index contributed by atoms with van der Waals surface area (Å²) in [6.45, 7) is 2.37. The number of ether oxygens (including phenoxy) is 1. The average molecular weight is 504 g/mol. The molecule has 0 fully saturated rings. The van der Waals surface area contributed by atoms with Crippen LogP contribution in [0.4, 0.5) is 22.0 Å². The molecule has 2 N–H and O–H groups in total. The van der Waals surface area contributed by atoms with E-state index in [4.69, 9.17) is 10.5 Å². The second kappa shape index (κ2) is 8.70. The first-order valence-electron chi connectivity index (χ1n) is 10.3. The van der Waals surface area contributed by atoms with E-state index in [1.807, 2.05) is 0 Å². The lowest BCUT2D eigenvalue weighted by atomic mass is 10.0. The summed E-state index contributed by atoms with van der Waals surface area (Å²) >= 11 is 0. The van der Waals surface area contributed by atoms with E-state index in [0.717, 1.165) is 24.3 Å². The van der Waals surface area contributed by atoms with Crippen molar-refractivity contribution < 1.29 is 31.5 Å². The normalized spacial score (nSPS) is 11.7. The summed E-state index contributed by atoms with van der Waals surface area (Å²) in [6.07, 6.45) is -3.59. The zero-order valence-corrected chi connectivity index (χ0v) is 19.0. The Hall–Kier alpha value is -4.35. The second-order valence-corrected chi connectivity index (χ2v) is 7.96. The van der Waals surface area contributed by atoms with Crippen molar-refractivity contribution in [1.82, 2.24) is 14.5 Å². The number of benzene rings is 1. The van der Waals surface area contributed by atoms with E-state index in [1.54, 1.807) is 0 Å². The fourth-order valence-corrected chi connectivity index (χ4v) is 3.84. The minimum absolute atomic E-state index is 0.0384.